The number of aromatic amines is 1. The van der Waals surface area contributed by atoms with Crippen LogP contribution in [0.2, 0.25) is 0 Å². The maximum atomic E-state index is 13.1. The third kappa shape index (κ3) is 5.50. The van der Waals surface area contributed by atoms with Crippen LogP contribution in [0.5, 0.6) is 0 Å². The molecule has 3 amide bonds. The van der Waals surface area contributed by atoms with Crippen molar-refractivity contribution < 1.29 is 27.5 Å². The zero-order chi connectivity index (χ0) is 28.4. The largest absolute Gasteiger partial charge is 0.448 e. The van der Waals surface area contributed by atoms with Crippen molar-refractivity contribution in [1.29, 1.82) is 0 Å². The molecule has 1 aromatic carbocycles. The lowest BCUT2D eigenvalue weighted by Crippen LogP contribution is -2.54. The molecule has 0 saturated carbocycles. The lowest BCUT2D eigenvalue weighted by Gasteiger charge is -2.33. The Balaban J connectivity index is 1.27. The number of para-hydroxylation sites is 1. The van der Waals surface area contributed by atoms with Crippen LogP contribution in [0.25, 0.3) is 21.4 Å². The fraction of sp³-hybridized carbons (Fsp3) is 0.318. The van der Waals surface area contributed by atoms with E-state index in [1.54, 1.807) is 24.3 Å². The van der Waals surface area contributed by atoms with E-state index in [0.717, 1.165) is 15.6 Å². The van der Waals surface area contributed by atoms with Crippen LogP contribution in [0.1, 0.15) is 0 Å². The van der Waals surface area contributed by atoms with E-state index in [9.17, 15) is 27.6 Å². The van der Waals surface area contributed by atoms with Crippen LogP contribution in [0.4, 0.5) is 10.7 Å². The van der Waals surface area contributed by atoms with Crippen molar-refractivity contribution in [3.8, 4) is 0 Å². The van der Waals surface area contributed by atoms with Gasteiger partial charge >= 0.3 is 6.09 Å². The molecular weight excluding hydrogens is 584 g/mol. The van der Waals surface area contributed by atoms with Crippen molar-refractivity contribution in [2.75, 3.05) is 43.6 Å². The van der Waals surface area contributed by atoms with Crippen molar-refractivity contribution in [2.45, 2.75) is 10.9 Å². The average molecular weight is 607 g/mol. The first-order valence-corrected chi connectivity index (χ1v) is 15.4. The molecule has 0 atom stereocenters. The number of piperazine rings is 1. The van der Waals surface area contributed by atoms with Crippen LogP contribution >= 0.6 is 23.1 Å². The number of nitrogens with one attached hydrogen (secondary N) is 2. The quantitative estimate of drug-likeness (QED) is 0.269. The molecular formula is C22H22N8O7S3. The summed E-state index contributed by atoms with van der Waals surface area (Å²) in [4.78, 5) is 66.1. The van der Waals surface area contributed by atoms with Crippen molar-refractivity contribution in [3.63, 3.8) is 0 Å². The predicted octanol–water partition coefficient (Wildman–Crippen LogP) is 0.701. The number of imidazole rings is 1. The summed E-state index contributed by atoms with van der Waals surface area (Å²) in [6.07, 6.45) is 2.29. The van der Waals surface area contributed by atoms with Gasteiger partial charge in [-0.25, -0.2) is 19.1 Å². The minimum atomic E-state index is -4.18. The molecule has 0 aliphatic carbocycles. The lowest BCUT2D eigenvalue weighted by atomic mass is 10.3. The minimum absolute atomic E-state index is 0.0277. The van der Waals surface area contributed by atoms with Crippen LogP contribution in [0.15, 0.2) is 39.7 Å². The molecule has 40 heavy (non-hydrogen) atoms. The van der Waals surface area contributed by atoms with Gasteiger partial charge in [0.2, 0.25) is 16.2 Å². The Morgan fingerprint density at radius 3 is 2.75 bits per heavy atom. The van der Waals surface area contributed by atoms with E-state index in [2.05, 4.69) is 25.3 Å². The van der Waals surface area contributed by atoms with E-state index < -0.39 is 40.0 Å². The first kappa shape index (κ1) is 27.5. The summed E-state index contributed by atoms with van der Waals surface area (Å²) >= 11 is 2.46. The molecule has 15 nitrogen and oxygen atoms in total. The average Bonchev–Trinajstić information content (AvgIpc) is 3.54. The number of hydrogen-bond donors (Lipinski definition) is 2. The molecule has 0 radical (unpaired) electrons. The number of fused-ring (bicyclic) bond motifs is 2. The Morgan fingerprint density at radius 1 is 1.20 bits per heavy atom. The number of thioether (sulfide) groups is 1. The van der Waals surface area contributed by atoms with E-state index in [1.807, 2.05) is 6.26 Å². The summed E-state index contributed by atoms with van der Waals surface area (Å²) in [7, 11) is -4.18. The molecule has 1 saturated heterocycles. The van der Waals surface area contributed by atoms with Gasteiger partial charge in [-0.3, -0.25) is 24.7 Å². The molecule has 2 N–H and O–H groups in total. The van der Waals surface area contributed by atoms with Crippen molar-refractivity contribution in [2.24, 2.45) is 0 Å². The van der Waals surface area contributed by atoms with Gasteiger partial charge in [-0.15, -0.1) is 11.3 Å². The Kier molecular flexibility index (Phi) is 7.72. The van der Waals surface area contributed by atoms with Gasteiger partial charge in [0.1, 0.15) is 19.7 Å². The zero-order valence-corrected chi connectivity index (χ0v) is 23.3. The van der Waals surface area contributed by atoms with E-state index in [4.69, 9.17) is 4.74 Å². The fourth-order valence-electron chi connectivity index (χ4n) is 3.91. The van der Waals surface area contributed by atoms with Gasteiger partial charge in [0.05, 0.1) is 23.1 Å². The first-order chi connectivity index (χ1) is 19.2. The SMILES string of the molecule is CSCCOC(=O)Nc1nc2c(ncn2CC(=O)N2CCN(S(=O)(=O)c3nc4ccccc4s3)C(=O)C2)c(=O)[nH]1. The van der Waals surface area contributed by atoms with Gasteiger partial charge in [-0.1, -0.05) is 12.1 Å². The standard InChI is InChI=1S/C22H22N8O7S3/c1-38-9-8-37-21(34)27-20-25-18-17(19(33)26-20)23-12-29(18)10-15(31)28-6-7-30(16(32)11-28)40(35,36)22-24-13-4-2-3-5-14(13)39-22/h2-5,12H,6-11H2,1H3,(H2,25,26,27,33,34). The molecule has 4 aromatic rings. The van der Waals surface area contributed by atoms with Gasteiger partial charge in [0.25, 0.3) is 21.5 Å². The van der Waals surface area contributed by atoms with Gasteiger partial charge in [-0.05, 0) is 18.4 Å². The molecule has 0 unspecified atom stereocenters. The van der Waals surface area contributed by atoms with Crippen LogP contribution in [-0.4, -0.2) is 98.3 Å². The van der Waals surface area contributed by atoms with E-state index in [0.29, 0.717) is 16.0 Å². The van der Waals surface area contributed by atoms with Gasteiger partial charge in [0.15, 0.2) is 11.2 Å². The minimum Gasteiger partial charge on any atom is -0.448 e. The predicted molar refractivity (Wildman–Crippen MR) is 147 cm³/mol. The van der Waals surface area contributed by atoms with Crippen molar-refractivity contribution in [1.82, 2.24) is 33.7 Å². The number of carbonyl (C=O) groups is 3. The Morgan fingerprint density at radius 2 is 2.00 bits per heavy atom. The van der Waals surface area contributed by atoms with Crippen LogP contribution in [0.3, 0.4) is 0 Å². The number of ether oxygens (including phenoxy) is 1. The molecule has 4 heterocycles. The van der Waals surface area contributed by atoms with Gasteiger partial charge in [0, 0.05) is 12.3 Å². The second-order valence-corrected chi connectivity index (χ2v) is 12.5. The van der Waals surface area contributed by atoms with Crippen molar-refractivity contribution in [3.05, 3.63) is 40.9 Å². The first-order valence-electron chi connectivity index (χ1n) is 11.7. The molecule has 0 spiro atoms. The van der Waals surface area contributed by atoms with Gasteiger partial charge in [-0.2, -0.15) is 25.2 Å². The number of amides is 3. The molecule has 3 aromatic heterocycles. The molecule has 210 valence electrons. The highest BCUT2D eigenvalue weighted by Gasteiger charge is 2.37. The third-order valence-corrected chi connectivity index (χ3v) is 9.62. The number of rotatable bonds is 8. The Hall–Kier alpha value is -4.03. The number of thiazole rings is 1. The number of carbonyl (C=O) groups excluding carboxylic acids is 3. The monoisotopic (exact) mass is 606 g/mol. The summed E-state index contributed by atoms with van der Waals surface area (Å²) in [6.45, 7) is -0.900. The second kappa shape index (κ2) is 11.2. The number of anilines is 1. The zero-order valence-electron chi connectivity index (χ0n) is 20.9. The fourth-order valence-corrected chi connectivity index (χ4v) is 6.86. The number of nitrogens with zero attached hydrogens (tertiary/aromatic N) is 6. The summed E-state index contributed by atoms with van der Waals surface area (Å²) in [6, 6.07) is 6.93. The van der Waals surface area contributed by atoms with Crippen LogP contribution in [-0.2, 0) is 30.9 Å². The molecule has 0 bridgehead atoms. The Labute approximate surface area is 234 Å². The normalized spacial score (nSPS) is 14.2. The van der Waals surface area contributed by atoms with E-state index >= 15 is 0 Å². The summed E-state index contributed by atoms with van der Waals surface area (Å²) in [5.41, 5.74) is -0.158. The van der Waals surface area contributed by atoms with E-state index in [-0.39, 0.29) is 47.7 Å². The molecule has 18 heteroatoms. The molecule has 1 aliphatic rings. The highest BCUT2D eigenvalue weighted by molar-refractivity contribution is 7.98. The highest BCUT2D eigenvalue weighted by atomic mass is 32.2. The third-order valence-electron chi connectivity index (χ3n) is 5.84. The number of H-pyrrole nitrogens is 1. The number of aromatic nitrogens is 5. The molecule has 1 aliphatic heterocycles. The van der Waals surface area contributed by atoms with Crippen LogP contribution < -0.4 is 10.9 Å². The van der Waals surface area contributed by atoms with Crippen LogP contribution in [0, 0.1) is 0 Å². The van der Waals surface area contributed by atoms with Gasteiger partial charge < -0.3 is 14.2 Å². The maximum absolute atomic E-state index is 13.1. The smallest absolute Gasteiger partial charge is 0.413 e. The summed E-state index contributed by atoms with van der Waals surface area (Å²) in [5, 5.41) is 2.33. The summed E-state index contributed by atoms with van der Waals surface area (Å²) in [5.74, 6) is -0.881. The molecule has 5 rings (SSSR count). The Bertz CT molecular complexity index is 1750. The molecule has 1 fully saturated rings. The van der Waals surface area contributed by atoms with Crippen molar-refractivity contribution >= 4 is 78.4 Å². The highest BCUT2D eigenvalue weighted by Crippen LogP contribution is 2.28. The summed E-state index contributed by atoms with van der Waals surface area (Å²) < 4.78 is 33.7. The topological polar surface area (TPSA) is 190 Å². The maximum Gasteiger partial charge on any atom is 0.413 e. The number of sulfonamides is 1. The van der Waals surface area contributed by atoms with E-state index in [1.165, 1.54) is 27.6 Å². The lowest BCUT2D eigenvalue weighted by molar-refractivity contribution is -0.142. The number of benzene rings is 1. The second-order valence-electron chi connectivity index (χ2n) is 8.45. The number of hydrogen-bond acceptors (Lipinski definition) is 12.